The molecule has 1 heterocycles. The van der Waals surface area contributed by atoms with Gasteiger partial charge in [-0.05, 0) is 44.5 Å². The van der Waals surface area contributed by atoms with Gasteiger partial charge in [-0.15, -0.1) is 0 Å². The number of carbonyl (C=O) groups excluding carboxylic acids is 1. The number of benzene rings is 1. The third kappa shape index (κ3) is 3.73. The monoisotopic (exact) mass is 276 g/mol. The highest BCUT2D eigenvalue weighted by Crippen LogP contribution is 2.20. The molecule has 1 aromatic carbocycles. The third-order valence-corrected chi connectivity index (χ3v) is 3.98. The molecule has 1 fully saturated rings. The van der Waals surface area contributed by atoms with E-state index in [-0.39, 0.29) is 6.09 Å². The lowest BCUT2D eigenvalue weighted by molar-refractivity contribution is 0.141. The zero-order chi connectivity index (χ0) is 14.5. The van der Waals surface area contributed by atoms with Crippen LogP contribution < -0.4 is 5.32 Å². The van der Waals surface area contributed by atoms with Gasteiger partial charge in [0.25, 0.3) is 0 Å². The van der Waals surface area contributed by atoms with Gasteiger partial charge < -0.3 is 9.64 Å². The van der Waals surface area contributed by atoms with Crippen molar-refractivity contribution < 1.29 is 9.53 Å². The Morgan fingerprint density at radius 3 is 2.70 bits per heavy atom. The summed E-state index contributed by atoms with van der Waals surface area (Å²) in [4.78, 5) is 14.3. The van der Waals surface area contributed by atoms with Crippen LogP contribution in [0.25, 0.3) is 0 Å². The van der Waals surface area contributed by atoms with E-state index in [4.69, 9.17) is 4.74 Å². The van der Waals surface area contributed by atoms with Crippen LogP contribution in [0.15, 0.2) is 18.2 Å². The summed E-state index contributed by atoms with van der Waals surface area (Å²) in [7, 11) is 0. The molecule has 2 rings (SSSR count). The van der Waals surface area contributed by atoms with Gasteiger partial charge in [-0.3, -0.25) is 5.32 Å². The van der Waals surface area contributed by atoms with Crippen molar-refractivity contribution in [1.82, 2.24) is 4.90 Å². The summed E-state index contributed by atoms with van der Waals surface area (Å²) in [5.41, 5.74) is 2.97. The highest BCUT2D eigenvalue weighted by molar-refractivity contribution is 5.86. The highest BCUT2D eigenvalue weighted by Gasteiger charge is 2.22. The summed E-state index contributed by atoms with van der Waals surface area (Å²) in [6, 6.07) is 5.95. The van der Waals surface area contributed by atoms with E-state index in [9.17, 15) is 4.79 Å². The molecule has 110 valence electrons. The topological polar surface area (TPSA) is 41.6 Å². The van der Waals surface area contributed by atoms with Crippen LogP contribution in [0.5, 0.6) is 0 Å². The van der Waals surface area contributed by atoms with E-state index in [1.807, 2.05) is 32.0 Å². The number of rotatable bonds is 4. The third-order valence-electron chi connectivity index (χ3n) is 3.98. The van der Waals surface area contributed by atoms with Crippen LogP contribution in [-0.2, 0) is 4.74 Å². The van der Waals surface area contributed by atoms with Crippen molar-refractivity contribution in [3.05, 3.63) is 29.3 Å². The Morgan fingerprint density at radius 2 is 2.10 bits per heavy atom. The smallest absolute Gasteiger partial charge is 0.411 e. The molecule has 1 aromatic rings. The number of carbonyl (C=O) groups is 1. The van der Waals surface area contributed by atoms with Gasteiger partial charge >= 0.3 is 6.09 Å². The fourth-order valence-electron chi connectivity index (χ4n) is 2.68. The highest BCUT2D eigenvalue weighted by atomic mass is 16.5. The Bertz CT molecular complexity index is 453. The molecule has 4 heteroatoms. The van der Waals surface area contributed by atoms with E-state index in [0.29, 0.717) is 12.5 Å². The molecule has 1 unspecified atom stereocenters. The van der Waals surface area contributed by atoms with Crippen molar-refractivity contribution in [2.75, 3.05) is 31.6 Å². The summed E-state index contributed by atoms with van der Waals surface area (Å²) in [6.45, 7) is 9.86. The molecule has 1 atom stereocenters. The van der Waals surface area contributed by atoms with E-state index >= 15 is 0 Å². The maximum Gasteiger partial charge on any atom is 0.411 e. The number of hydrogen-bond acceptors (Lipinski definition) is 3. The minimum atomic E-state index is -0.350. The predicted octanol–water partition coefficient (Wildman–Crippen LogP) is 3.19. The van der Waals surface area contributed by atoms with Gasteiger partial charge in [-0.1, -0.05) is 25.1 Å². The first-order chi connectivity index (χ1) is 9.60. The first-order valence-corrected chi connectivity index (χ1v) is 7.32. The summed E-state index contributed by atoms with van der Waals surface area (Å²) in [5, 5.41) is 2.85. The van der Waals surface area contributed by atoms with Crippen molar-refractivity contribution in [1.29, 1.82) is 0 Å². The fraction of sp³-hybridized carbons (Fsp3) is 0.562. The van der Waals surface area contributed by atoms with E-state index in [2.05, 4.69) is 17.1 Å². The van der Waals surface area contributed by atoms with Crippen LogP contribution in [-0.4, -0.2) is 37.2 Å². The molecule has 0 saturated carbocycles. The first kappa shape index (κ1) is 14.9. The minimum Gasteiger partial charge on any atom is -0.449 e. The number of ether oxygens (including phenoxy) is 1. The Balaban J connectivity index is 1.81. The Morgan fingerprint density at radius 1 is 1.40 bits per heavy atom. The molecule has 0 bridgehead atoms. The lowest BCUT2D eigenvalue weighted by Gasteiger charge is -2.15. The van der Waals surface area contributed by atoms with Crippen molar-refractivity contribution in [2.45, 2.75) is 27.2 Å². The number of aryl methyl sites for hydroxylation is 2. The Hall–Kier alpha value is -1.55. The number of nitrogens with one attached hydrogen (secondary N) is 1. The summed E-state index contributed by atoms with van der Waals surface area (Å²) < 4.78 is 5.36. The van der Waals surface area contributed by atoms with Gasteiger partial charge in [-0.2, -0.15) is 0 Å². The Kier molecular flexibility index (Phi) is 5.01. The second kappa shape index (κ2) is 6.75. The molecule has 4 nitrogen and oxygen atoms in total. The standard InChI is InChI=1S/C16H24N2O2/c1-4-18-9-8-14(10-18)11-20-16(19)17-15-12(2)6-5-7-13(15)3/h5-7,14H,4,8-11H2,1-3H3,(H,17,19). The number of anilines is 1. The molecule has 0 spiro atoms. The number of para-hydroxylation sites is 1. The van der Waals surface area contributed by atoms with Crippen LogP contribution in [0.4, 0.5) is 10.5 Å². The lowest BCUT2D eigenvalue weighted by Crippen LogP contribution is -2.23. The fourth-order valence-corrected chi connectivity index (χ4v) is 2.68. The maximum absolute atomic E-state index is 11.9. The van der Waals surface area contributed by atoms with Gasteiger partial charge in [0.1, 0.15) is 0 Å². The molecule has 0 radical (unpaired) electrons. The van der Waals surface area contributed by atoms with E-state index < -0.39 is 0 Å². The lowest BCUT2D eigenvalue weighted by atomic mass is 10.1. The maximum atomic E-state index is 11.9. The number of hydrogen-bond donors (Lipinski definition) is 1. The largest absolute Gasteiger partial charge is 0.449 e. The van der Waals surface area contributed by atoms with Gasteiger partial charge in [-0.25, -0.2) is 4.79 Å². The number of amides is 1. The molecule has 20 heavy (non-hydrogen) atoms. The first-order valence-electron chi connectivity index (χ1n) is 7.32. The second-order valence-electron chi connectivity index (χ2n) is 5.54. The summed E-state index contributed by atoms with van der Waals surface area (Å²) in [5.74, 6) is 0.471. The average molecular weight is 276 g/mol. The molecular weight excluding hydrogens is 252 g/mol. The molecule has 1 aliphatic rings. The quantitative estimate of drug-likeness (QED) is 0.918. The van der Waals surface area contributed by atoms with Gasteiger partial charge in [0.2, 0.25) is 0 Å². The van der Waals surface area contributed by atoms with Crippen molar-refractivity contribution in [3.8, 4) is 0 Å². The number of likely N-dealkylation sites (tertiary alicyclic amines) is 1. The van der Waals surface area contributed by atoms with Gasteiger partial charge in [0.05, 0.1) is 6.61 Å². The molecular formula is C16H24N2O2. The van der Waals surface area contributed by atoms with Crippen LogP contribution in [0.1, 0.15) is 24.5 Å². The molecule has 1 saturated heterocycles. The molecule has 0 aliphatic carbocycles. The van der Waals surface area contributed by atoms with Gasteiger partial charge in [0.15, 0.2) is 0 Å². The minimum absolute atomic E-state index is 0.350. The Labute approximate surface area is 121 Å². The summed E-state index contributed by atoms with van der Waals surface area (Å²) >= 11 is 0. The number of nitrogens with zero attached hydrogens (tertiary/aromatic N) is 1. The normalized spacial score (nSPS) is 19.1. The van der Waals surface area contributed by atoms with Crippen LogP contribution in [0, 0.1) is 19.8 Å². The van der Waals surface area contributed by atoms with Crippen LogP contribution in [0.3, 0.4) is 0 Å². The van der Waals surface area contributed by atoms with Crippen molar-refractivity contribution in [3.63, 3.8) is 0 Å². The van der Waals surface area contributed by atoms with E-state index in [1.165, 1.54) is 0 Å². The van der Waals surface area contributed by atoms with Crippen molar-refractivity contribution in [2.24, 2.45) is 5.92 Å². The van der Waals surface area contributed by atoms with E-state index in [1.54, 1.807) is 0 Å². The van der Waals surface area contributed by atoms with Gasteiger partial charge in [0, 0.05) is 18.2 Å². The molecule has 0 aromatic heterocycles. The van der Waals surface area contributed by atoms with Crippen LogP contribution in [0.2, 0.25) is 0 Å². The summed E-state index contributed by atoms with van der Waals surface area (Å²) in [6.07, 6.45) is 0.766. The predicted molar refractivity (Wildman–Crippen MR) is 81.1 cm³/mol. The average Bonchev–Trinajstić information content (AvgIpc) is 2.89. The molecule has 1 N–H and O–H groups in total. The van der Waals surface area contributed by atoms with Crippen LogP contribution >= 0.6 is 0 Å². The zero-order valence-corrected chi connectivity index (χ0v) is 12.6. The van der Waals surface area contributed by atoms with E-state index in [0.717, 1.165) is 42.9 Å². The SMILES string of the molecule is CCN1CCC(COC(=O)Nc2c(C)cccc2C)C1. The van der Waals surface area contributed by atoms with Crippen molar-refractivity contribution >= 4 is 11.8 Å². The zero-order valence-electron chi connectivity index (χ0n) is 12.6. The molecule has 1 aliphatic heterocycles. The second-order valence-corrected chi connectivity index (χ2v) is 5.54. The molecule has 1 amide bonds.